The topological polar surface area (TPSA) is 392 Å². The third-order valence-corrected chi connectivity index (χ3v) is 12.9. The molecule has 1 fully saturated rings. The highest BCUT2D eigenvalue weighted by atomic mass is 16.5. The average Bonchev–Trinajstić information content (AvgIpc) is 3.38. The van der Waals surface area contributed by atoms with Crippen LogP contribution in [0, 0.1) is 11.8 Å². The van der Waals surface area contributed by atoms with Gasteiger partial charge in [0, 0.05) is 71.1 Å². The summed E-state index contributed by atoms with van der Waals surface area (Å²) in [5.41, 5.74) is 0.827. The Morgan fingerprint density at radius 2 is 1.16 bits per heavy atom. The van der Waals surface area contributed by atoms with E-state index < -0.39 is 78.4 Å². The summed E-state index contributed by atoms with van der Waals surface area (Å²) in [6.07, 6.45) is 1.61. The zero-order valence-electron chi connectivity index (χ0n) is 42.7. The zero-order valence-corrected chi connectivity index (χ0v) is 42.7. The zero-order chi connectivity index (χ0) is 56.3. The molecule has 0 radical (unpaired) electrons. The van der Waals surface area contributed by atoms with Crippen LogP contribution in [-0.4, -0.2) is 210 Å². The van der Waals surface area contributed by atoms with Gasteiger partial charge in [0.25, 0.3) is 0 Å². The van der Waals surface area contributed by atoms with Gasteiger partial charge in [0.2, 0.25) is 17.7 Å². The summed E-state index contributed by atoms with van der Waals surface area (Å²) in [4.78, 5) is 125. The molecule has 1 saturated carbocycles. The van der Waals surface area contributed by atoms with Gasteiger partial charge in [-0.05, 0) is 77.6 Å². The van der Waals surface area contributed by atoms with E-state index in [9.17, 15) is 63.3 Å². The van der Waals surface area contributed by atoms with Gasteiger partial charge in [0.15, 0.2) is 6.04 Å². The molecule has 0 aromatic heterocycles. The summed E-state index contributed by atoms with van der Waals surface area (Å²) in [6, 6.07) is 12.1. The third-order valence-electron chi connectivity index (χ3n) is 12.9. The number of nitrogens with zero attached hydrogens (tertiary/aromatic N) is 2. The van der Waals surface area contributed by atoms with E-state index in [0.717, 1.165) is 27.1 Å². The first-order chi connectivity index (χ1) is 36.8. The molecular formula is C51H71N9O17. The number of nitrogens with one attached hydrogen (secondary N) is 7. The molecule has 422 valence electrons. The number of ether oxygens (including phenoxy) is 1. The van der Waals surface area contributed by atoms with Gasteiger partial charge in [-0.1, -0.05) is 48.5 Å². The molecule has 0 spiro atoms. The number of carbonyl (C=O) groups excluding carboxylic acids is 4. The summed E-state index contributed by atoms with van der Waals surface area (Å²) in [5, 5.41) is 77.5. The van der Waals surface area contributed by atoms with Crippen LogP contribution >= 0.6 is 0 Å². The Labute approximate surface area is 443 Å². The van der Waals surface area contributed by atoms with Crippen LogP contribution in [-0.2, 0) is 54.3 Å². The Bertz CT molecular complexity index is 2450. The molecule has 3 aromatic carbocycles. The molecule has 77 heavy (non-hydrogen) atoms. The van der Waals surface area contributed by atoms with Gasteiger partial charge in [-0.25, -0.2) is 14.4 Å². The molecule has 26 heteroatoms. The van der Waals surface area contributed by atoms with Crippen LogP contribution in [0.15, 0.2) is 54.6 Å². The molecule has 1 aliphatic rings. The van der Waals surface area contributed by atoms with Crippen LogP contribution in [0.4, 0.5) is 4.79 Å². The van der Waals surface area contributed by atoms with Crippen LogP contribution in [0.5, 0.6) is 0 Å². The fourth-order valence-corrected chi connectivity index (χ4v) is 8.87. The maximum absolute atomic E-state index is 14.1. The summed E-state index contributed by atoms with van der Waals surface area (Å²) < 4.78 is 5.49. The summed E-state index contributed by atoms with van der Waals surface area (Å²) in [6.45, 7) is -0.122. The first kappa shape index (κ1) is 62.0. The van der Waals surface area contributed by atoms with Crippen molar-refractivity contribution in [3.05, 3.63) is 60.2 Å². The van der Waals surface area contributed by atoms with E-state index in [1.54, 1.807) is 9.80 Å². The number of rotatable bonds is 37. The lowest BCUT2D eigenvalue weighted by Gasteiger charge is -2.30. The lowest BCUT2D eigenvalue weighted by Crippen LogP contribution is -2.52. The standard InChI is InChI=1S/C51H71N9O17/c61-42(29-59(19-16-52-27-44(64)65)21-22-60(30-46(68)69)20-17-53-28-45(66)67)55-26-32-12-14-33(15-13-32)47(70)56-40(25-38-36-8-3-1-6-34(36)24-35-7-2-4-9-37(35)38)48(71)54-18-23-77-31-41(50(74)75)58-51(76)57-39(49(72)73)10-5-11-43(62)63/h1-4,6-9,24,32-33,39-41,52-53H,5,10-23,25-31H2,(H,54,71)(H,55,61)(H,56,70)(H,62,63)(H,64,65)(H,66,67)(H,68,69)(H,72,73)(H,74,75)(H2,57,58,76)/t32?,33?,39-,40-,41-/m0/s1. The van der Waals surface area contributed by atoms with Crippen LogP contribution in [0.1, 0.15) is 50.5 Å². The highest BCUT2D eigenvalue weighted by Gasteiger charge is 2.31. The number of hydrogen-bond acceptors (Lipinski definition) is 15. The molecule has 0 bridgehead atoms. The Morgan fingerprint density at radius 3 is 1.70 bits per heavy atom. The first-order valence-corrected chi connectivity index (χ1v) is 25.4. The van der Waals surface area contributed by atoms with Crippen molar-refractivity contribution in [2.75, 3.05) is 91.8 Å². The van der Waals surface area contributed by atoms with Gasteiger partial charge in [0.1, 0.15) is 12.1 Å². The molecule has 0 aliphatic heterocycles. The number of benzene rings is 3. The quantitative estimate of drug-likeness (QED) is 0.0257. The Hall–Kier alpha value is -7.52. The fourth-order valence-electron chi connectivity index (χ4n) is 8.87. The molecule has 4 rings (SSSR count). The normalized spacial score (nSPS) is 15.5. The van der Waals surface area contributed by atoms with Gasteiger partial charge in [-0.15, -0.1) is 0 Å². The third kappa shape index (κ3) is 23.1. The number of fused-ring (bicyclic) bond motifs is 2. The Balaban J connectivity index is 1.35. The molecule has 13 N–H and O–H groups in total. The SMILES string of the molecule is O=C(O)CCC[C@H](NC(=O)N[C@@H](COCCNC(=O)[C@H](Cc1c2ccccc2cc2ccccc12)NC(=O)C1CCC(CNC(=O)CN(CCNCC(=O)O)CCN(CCNCC(=O)O)CC(=O)O)CC1)C(=O)O)C(=O)O. The van der Waals surface area contributed by atoms with E-state index >= 15 is 0 Å². The number of carboxylic acids is 6. The molecule has 0 unspecified atom stereocenters. The van der Waals surface area contributed by atoms with Gasteiger partial charge in [0.05, 0.1) is 39.4 Å². The molecule has 3 aromatic rings. The predicted molar refractivity (Wildman–Crippen MR) is 277 cm³/mol. The second-order valence-electron chi connectivity index (χ2n) is 18.7. The number of amides is 5. The highest BCUT2D eigenvalue weighted by Crippen LogP contribution is 2.31. The second kappa shape index (κ2) is 32.8. The minimum absolute atomic E-state index is 0.0293. The van der Waals surface area contributed by atoms with E-state index in [-0.39, 0.29) is 122 Å². The minimum Gasteiger partial charge on any atom is -0.481 e. The van der Waals surface area contributed by atoms with Crippen molar-refractivity contribution >= 4 is 81.1 Å². The highest BCUT2D eigenvalue weighted by molar-refractivity contribution is 6.03. The van der Waals surface area contributed by atoms with Crippen LogP contribution in [0.2, 0.25) is 0 Å². The summed E-state index contributed by atoms with van der Waals surface area (Å²) in [7, 11) is 0. The van der Waals surface area contributed by atoms with Crippen molar-refractivity contribution in [3.8, 4) is 0 Å². The molecule has 5 amide bonds. The van der Waals surface area contributed by atoms with E-state index in [0.29, 0.717) is 32.2 Å². The summed E-state index contributed by atoms with van der Waals surface area (Å²) in [5.74, 6) is -8.89. The molecule has 3 atom stereocenters. The maximum Gasteiger partial charge on any atom is 0.328 e. The van der Waals surface area contributed by atoms with Gasteiger partial charge in [-0.2, -0.15) is 0 Å². The number of aliphatic carboxylic acids is 6. The van der Waals surface area contributed by atoms with E-state index in [1.807, 2.05) is 54.6 Å². The van der Waals surface area contributed by atoms with Crippen LogP contribution < -0.4 is 37.2 Å². The van der Waals surface area contributed by atoms with Crippen LogP contribution in [0.3, 0.4) is 0 Å². The smallest absolute Gasteiger partial charge is 0.328 e. The van der Waals surface area contributed by atoms with Gasteiger partial charge >= 0.3 is 41.8 Å². The molecule has 26 nitrogen and oxygen atoms in total. The fraction of sp³-hybridized carbons (Fsp3) is 0.529. The molecule has 0 saturated heterocycles. The van der Waals surface area contributed by atoms with Crippen molar-refractivity contribution in [3.63, 3.8) is 0 Å². The van der Waals surface area contributed by atoms with Crippen molar-refractivity contribution in [2.45, 2.75) is 69.5 Å². The molecular weight excluding hydrogens is 1010 g/mol. The Morgan fingerprint density at radius 1 is 0.597 bits per heavy atom. The number of hydrogen-bond donors (Lipinski definition) is 13. The average molecular weight is 1080 g/mol. The van der Waals surface area contributed by atoms with E-state index in [1.165, 1.54) is 0 Å². The minimum atomic E-state index is -1.62. The van der Waals surface area contributed by atoms with Gasteiger partial charge in [-0.3, -0.25) is 43.4 Å². The number of carbonyl (C=O) groups is 10. The first-order valence-electron chi connectivity index (χ1n) is 25.4. The maximum atomic E-state index is 14.1. The number of urea groups is 1. The lowest BCUT2D eigenvalue weighted by molar-refractivity contribution is -0.141. The summed E-state index contributed by atoms with van der Waals surface area (Å²) >= 11 is 0. The largest absolute Gasteiger partial charge is 0.481 e. The Kier molecular flexibility index (Phi) is 26.4. The molecule has 1 aliphatic carbocycles. The number of carboxylic acid groups (broad SMARTS) is 6. The van der Waals surface area contributed by atoms with E-state index in [4.69, 9.17) is 20.1 Å². The predicted octanol–water partition coefficient (Wildman–Crippen LogP) is -0.427. The molecule has 0 heterocycles. The second-order valence-corrected chi connectivity index (χ2v) is 18.7. The van der Waals surface area contributed by atoms with E-state index in [2.05, 4.69) is 37.2 Å². The lowest BCUT2D eigenvalue weighted by atomic mass is 9.81. The van der Waals surface area contributed by atoms with Crippen molar-refractivity contribution in [1.82, 2.24) is 47.0 Å². The van der Waals surface area contributed by atoms with Crippen molar-refractivity contribution in [2.24, 2.45) is 11.8 Å². The van der Waals surface area contributed by atoms with Gasteiger partial charge < -0.3 is 72.6 Å². The van der Waals surface area contributed by atoms with Crippen molar-refractivity contribution in [1.29, 1.82) is 0 Å². The van der Waals surface area contributed by atoms with Crippen molar-refractivity contribution < 1.29 is 83.3 Å². The monoisotopic (exact) mass is 1080 g/mol. The van der Waals surface area contributed by atoms with Crippen LogP contribution in [0.25, 0.3) is 21.5 Å².